The number of rotatable bonds is 5. The minimum Gasteiger partial charge on any atom is -0.309 e. The smallest absolute Gasteiger partial charge is 0.0549 e. The summed E-state index contributed by atoms with van der Waals surface area (Å²) in [6.07, 6.45) is 0.845. The van der Waals surface area contributed by atoms with Gasteiger partial charge in [0.05, 0.1) is 27.8 Å². The minimum atomic E-state index is 0.845. The van der Waals surface area contributed by atoms with Crippen molar-refractivity contribution in [2.75, 3.05) is 0 Å². The lowest BCUT2D eigenvalue weighted by Crippen LogP contribution is -2.00. The van der Waals surface area contributed by atoms with Crippen LogP contribution in [-0.4, -0.2) is 9.13 Å². The fraction of sp³-hybridized carbons (Fsp3) is 0.0182. The minimum absolute atomic E-state index is 0.845. The van der Waals surface area contributed by atoms with Crippen LogP contribution in [-0.2, 0) is 6.42 Å². The molecular weight excluding hydrogens is 689 g/mol. The summed E-state index contributed by atoms with van der Waals surface area (Å²) in [6, 6.07) is 75.8. The Hall–Kier alpha value is -7.42. The van der Waals surface area contributed by atoms with Crippen molar-refractivity contribution in [2.24, 2.45) is 0 Å². The third-order valence-corrected chi connectivity index (χ3v) is 12.1. The molecule has 57 heavy (non-hydrogen) atoms. The molecule has 11 aromatic rings. The number of benzene rings is 9. The Kier molecular flexibility index (Phi) is 7.02. The molecule has 0 fully saturated rings. The number of nitrogens with zero attached hydrogens (tertiary/aromatic N) is 2. The third-order valence-electron chi connectivity index (χ3n) is 12.1. The zero-order valence-electron chi connectivity index (χ0n) is 31.2. The summed E-state index contributed by atoms with van der Waals surface area (Å²) in [5.74, 6) is 0. The Bertz CT molecular complexity index is 3340. The zero-order valence-corrected chi connectivity index (χ0v) is 31.2. The van der Waals surface area contributed by atoms with Crippen molar-refractivity contribution in [3.63, 3.8) is 0 Å². The molecule has 2 aromatic heterocycles. The first-order chi connectivity index (χ1) is 28.3. The number of para-hydroxylation sites is 3. The van der Waals surface area contributed by atoms with E-state index in [0.717, 1.165) is 6.42 Å². The van der Waals surface area contributed by atoms with Crippen LogP contribution in [0.3, 0.4) is 0 Å². The van der Waals surface area contributed by atoms with Crippen molar-refractivity contribution in [1.29, 1.82) is 0 Å². The second kappa shape index (κ2) is 12.6. The molecule has 0 amide bonds. The number of aromatic nitrogens is 2. The maximum Gasteiger partial charge on any atom is 0.0549 e. The van der Waals surface area contributed by atoms with E-state index in [2.05, 4.69) is 215 Å². The SMILES string of the molecule is c1ccc(-c2cc(-c3ccccc3)c3c(c2)-c2cc(-c4ccccc4)cc(-n4c5ccccc5c5c6c7ccccc7n(-c7ccccc7)c6ccc54)c2C3)cc1. The summed E-state index contributed by atoms with van der Waals surface area (Å²) in [7, 11) is 0. The molecular formula is C55H36N2. The third kappa shape index (κ3) is 4.84. The van der Waals surface area contributed by atoms with Gasteiger partial charge in [0, 0.05) is 33.7 Å². The van der Waals surface area contributed by atoms with E-state index in [1.165, 1.54) is 111 Å². The van der Waals surface area contributed by atoms with E-state index >= 15 is 0 Å². The van der Waals surface area contributed by atoms with Gasteiger partial charge in [0.1, 0.15) is 0 Å². The molecule has 0 radical (unpaired) electrons. The molecule has 1 aliphatic rings. The summed E-state index contributed by atoms with van der Waals surface area (Å²) in [6.45, 7) is 0. The lowest BCUT2D eigenvalue weighted by Gasteiger charge is -2.16. The molecule has 0 atom stereocenters. The molecule has 2 nitrogen and oxygen atoms in total. The highest BCUT2D eigenvalue weighted by molar-refractivity contribution is 6.29. The van der Waals surface area contributed by atoms with Crippen molar-refractivity contribution in [3.8, 4) is 55.9 Å². The quantitative estimate of drug-likeness (QED) is 0.167. The largest absolute Gasteiger partial charge is 0.309 e. The van der Waals surface area contributed by atoms with Crippen LogP contribution in [0.4, 0.5) is 0 Å². The summed E-state index contributed by atoms with van der Waals surface area (Å²) in [5, 5.41) is 5.11. The van der Waals surface area contributed by atoms with Crippen molar-refractivity contribution in [1.82, 2.24) is 9.13 Å². The molecule has 0 spiro atoms. The van der Waals surface area contributed by atoms with Gasteiger partial charge in [-0.15, -0.1) is 0 Å². The van der Waals surface area contributed by atoms with Crippen molar-refractivity contribution < 1.29 is 0 Å². The highest BCUT2D eigenvalue weighted by Crippen LogP contribution is 2.50. The van der Waals surface area contributed by atoms with Gasteiger partial charge in [-0.05, 0) is 116 Å². The maximum absolute atomic E-state index is 2.57. The molecule has 9 aromatic carbocycles. The van der Waals surface area contributed by atoms with Gasteiger partial charge in [-0.1, -0.05) is 146 Å². The Morgan fingerprint density at radius 1 is 0.298 bits per heavy atom. The number of hydrogen-bond donors (Lipinski definition) is 0. The van der Waals surface area contributed by atoms with E-state index in [4.69, 9.17) is 0 Å². The molecule has 0 N–H and O–H groups in total. The van der Waals surface area contributed by atoms with Crippen LogP contribution in [0.2, 0.25) is 0 Å². The van der Waals surface area contributed by atoms with Gasteiger partial charge in [-0.2, -0.15) is 0 Å². The van der Waals surface area contributed by atoms with E-state index < -0.39 is 0 Å². The summed E-state index contributed by atoms with van der Waals surface area (Å²) >= 11 is 0. The first-order valence-electron chi connectivity index (χ1n) is 19.8. The van der Waals surface area contributed by atoms with Gasteiger partial charge in [0.2, 0.25) is 0 Å². The van der Waals surface area contributed by atoms with Gasteiger partial charge in [-0.25, -0.2) is 0 Å². The van der Waals surface area contributed by atoms with Crippen LogP contribution in [0.5, 0.6) is 0 Å². The number of fused-ring (bicyclic) bond motifs is 10. The van der Waals surface area contributed by atoms with Crippen LogP contribution in [0.15, 0.2) is 206 Å². The number of hydrogen-bond acceptors (Lipinski definition) is 0. The molecule has 0 bridgehead atoms. The fourth-order valence-electron chi connectivity index (χ4n) is 9.66. The van der Waals surface area contributed by atoms with Gasteiger partial charge in [0.25, 0.3) is 0 Å². The predicted octanol–water partition coefficient (Wildman–Crippen LogP) is 14.5. The van der Waals surface area contributed by atoms with E-state index in [1.54, 1.807) is 0 Å². The van der Waals surface area contributed by atoms with Crippen LogP contribution in [0, 0.1) is 0 Å². The van der Waals surface area contributed by atoms with Gasteiger partial charge < -0.3 is 9.13 Å². The van der Waals surface area contributed by atoms with Gasteiger partial charge >= 0.3 is 0 Å². The topological polar surface area (TPSA) is 9.86 Å². The molecule has 2 heteroatoms. The summed E-state index contributed by atoms with van der Waals surface area (Å²) in [4.78, 5) is 0. The molecule has 1 aliphatic carbocycles. The average molecular weight is 725 g/mol. The van der Waals surface area contributed by atoms with E-state index in [0.29, 0.717) is 0 Å². The van der Waals surface area contributed by atoms with Crippen LogP contribution in [0.1, 0.15) is 11.1 Å². The summed E-state index contributed by atoms with van der Waals surface area (Å²) in [5.41, 5.74) is 20.1. The Labute approximate surface area is 331 Å². The standard InChI is InChI=1S/C55H36N2/c1-5-17-36(18-6-1)39-31-44(38-21-9-3-10-22-38)47-35-48-46(45(47)32-39)33-40(37-19-7-2-8-20-37)34-53(48)57-50-28-16-14-26-43(50)55-52(57)30-29-51-54(55)42-25-13-15-27-49(42)56(51)41-23-11-4-12-24-41/h1-34H,35H2. The Morgan fingerprint density at radius 3 is 1.33 bits per heavy atom. The predicted molar refractivity (Wildman–Crippen MR) is 240 cm³/mol. The normalized spacial score (nSPS) is 12.1. The summed E-state index contributed by atoms with van der Waals surface area (Å²) < 4.78 is 4.99. The molecule has 0 unspecified atom stereocenters. The van der Waals surface area contributed by atoms with Crippen LogP contribution >= 0.6 is 0 Å². The Morgan fingerprint density at radius 2 is 0.737 bits per heavy atom. The lowest BCUT2D eigenvalue weighted by atomic mass is 9.90. The highest BCUT2D eigenvalue weighted by Gasteiger charge is 2.29. The molecule has 0 saturated carbocycles. The van der Waals surface area contributed by atoms with Crippen molar-refractivity contribution in [2.45, 2.75) is 6.42 Å². The first-order valence-corrected chi connectivity index (χ1v) is 19.8. The monoisotopic (exact) mass is 724 g/mol. The zero-order chi connectivity index (χ0) is 37.5. The van der Waals surface area contributed by atoms with E-state index in [-0.39, 0.29) is 0 Å². The molecule has 2 heterocycles. The van der Waals surface area contributed by atoms with Crippen molar-refractivity contribution >= 4 is 43.6 Å². The first kappa shape index (κ1) is 31.9. The molecule has 0 saturated heterocycles. The second-order valence-electron chi connectivity index (χ2n) is 15.2. The molecule has 266 valence electrons. The Balaban J connectivity index is 1.19. The van der Waals surface area contributed by atoms with E-state index in [1.807, 2.05) is 0 Å². The molecule has 0 aliphatic heterocycles. The van der Waals surface area contributed by atoms with Crippen molar-refractivity contribution in [3.05, 3.63) is 217 Å². The maximum atomic E-state index is 2.57. The highest BCUT2D eigenvalue weighted by atomic mass is 15.0. The molecule has 12 rings (SSSR count). The van der Waals surface area contributed by atoms with Gasteiger partial charge in [-0.3, -0.25) is 0 Å². The average Bonchev–Trinajstić information content (AvgIpc) is 3.95. The van der Waals surface area contributed by atoms with Crippen LogP contribution < -0.4 is 0 Å². The van der Waals surface area contributed by atoms with Gasteiger partial charge in [0.15, 0.2) is 0 Å². The fourth-order valence-corrected chi connectivity index (χ4v) is 9.66. The van der Waals surface area contributed by atoms with Crippen LogP contribution in [0.25, 0.3) is 99.5 Å². The lowest BCUT2D eigenvalue weighted by molar-refractivity contribution is 1.12. The second-order valence-corrected chi connectivity index (χ2v) is 15.2. The van der Waals surface area contributed by atoms with E-state index in [9.17, 15) is 0 Å².